The van der Waals surface area contributed by atoms with Gasteiger partial charge >= 0.3 is 6.03 Å². The first-order valence-corrected chi connectivity index (χ1v) is 12.5. The monoisotopic (exact) mass is 524 g/mol. The second kappa shape index (κ2) is 10.1. The number of halogens is 1. The summed E-state index contributed by atoms with van der Waals surface area (Å²) in [4.78, 5) is 39.8. The molecule has 0 atom stereocenters. The number of barbiturate groups is 1. The van der Waals surface area contributed by atoms with E-state index in [1.807, 2.05) is 45.0 Å². The molecule has 4 amide bonds. The Kier molecular flexibility index (Phi) is 6.74. The molecule has 0 aromatic heterocycles. The Bertz CT molecular complexity index is 1660. The van der Waals surface area contributed by atoms with Gasteiger partial charge in [0.1, 0.15) is 17.9 Å². The third-order valence-electron chi connectivity index (χ3n) is 6.77. The molecule has 1 aliphatic rings. The number of hydrogen-bond donors (Lipinski definition) is 1. The van der Waals surface area contributed by atoms with Crippen molar-refractivity contribution < 1.29 is 19.1 Å². The number of carbonyl (C=O) groups is 3. The van der Waals surface area contributed by atoms with E-state index >= 15 is 0 Å². The molecule has 0 unspecified atom stereocenters. The summed E-state index contributed by atoms with van der Waals surface area (Å²) < 4.78 is 6.21. The van der Waals surface area contributed by atoms with Crippen LogP contribution in [0.15, 0.2) is 78.4 Å². The summed E-state index contributed by atoms with van der Waals surface area (Å²) in [6.45, 7) is 6.13. The lowest BCUT2D eigenvalue weighted by atomic mass is 10.0. The third-order valence-corrected chi connectivity index (χ3v) is 7.00. The fourth-order valence-corrected chi connectivity index (χ4v) is 4.64. The number of carbonyl (C=O) groups excluding carboxylic acids is 3. The summed E-state index contributed by atoms with van der Waals surface area (Å²) >= 11 is 6.27. The van der Waals surface area contributed by atoms with Gasteiger partial charge in [0.15, 0.2) is 0 Å². The second-order valence-corrected chi connectivity index (χ2v) is 9.72. The van der Waals surface area contributed by atoms with Gasteiger partial charge in [-0.1, -0.05) is 54.1 Å². The molecule has 0 spiro atoms. The zero-order valence-corrected chi connectivity index (χ0v) is 21.9. The SMILES string of the molecule is Cc1ccc(N2C(=O)NC(=O)/C(=C\c3cc(Cl)ccc3OCc3c(C)ccc4ccccc34)C2=O)cc1C. The summed E-state index contributed by atoms with van der Waals surface area (Å²) in [6.07, 6.45) is 1.41. The molecule has 4 aromatic rings. The zero-order valence-electron chi connectivity index (χ0n) is 21.2. The minimum absolute atomic E-state index is 0.198. The van der Waals surface area contributed by atoms with Crippen LogP contribution in [0.25, 0.3) is 16.8 Å². The molecule has 1 fully saturated rings. The van der Waals surface area contributed by atoms with E-state index < -0.39 is 17.8 Å². The average molecular weight is 525 g/mol. The molecule has 190 valence electrons. The molecular formula is C31H25ClN2O4. The molecule has 0 saturated carbocycles. The molecule has 5 rings (SSSR count). The van der Waals surface area contributed by atoms with E-state index in [2.05, 4.69) is 23.5 Å². The maximum absolute atomic E-state index is 13.4. The van der Waals surface area contributed by atoms with Gasteiger partial charge < -0.3 is 4.74 Å². The first-order valence-electron chi connectivity index (χ1n) is 12.1. The Balaban J connectivity index is 1.50. The molecule has 0 bridgehead atoms. The van der Waals surface area contributed by atoms with Crippen molar-refractivity contribution in [3.63, 3.8) is 0 Å². The van der Waals surface area contributed by atoms with E-state index in [1.54, 1.807) is 30.3 Å². The number of fused-ring (bicyclic) bond motifs is 1. The number of aryl methyl sites for hydroxylation is 3. The van der Waals surface area contributed by atoms with Crippen molar-refractivity contribution in [3.8, 4) is 5.75 Å². The van der Waals surface area contributed by atoms with E-state index in [9.17, 15) is 14.4 Å². The molecule has 1 heterocycles. The maximum Gasteiger partial charge on any atom is 0.335 e. The number of amides is 4. The van der Waals surface area contributed by atoms with Crippen LogP contribution < -0.4 is 15.0 Å². The third kappa shape index (κ3) is 4.78. The lowest BCUT2D eigenvalue weighted by Crippen LogP contribution is -2.54. The van der Waals surface area contributed by atoms with Crippen molar-refractivity contribution in [2.24, 2.45) is 0 Å². The maximum atomic E-state index is 13.4. The van der Waals surface area contributed by atoms with Crippen molar-refractivity contribution in [1.82, 2.24) is 5.32 Å². The number of nitrogens with zero attached hydrogens (tertiary/aromatic N) is 1. The van der Waals surface area contributed by atoms with Gasteiger partial charge in [-0.3, -0.25) is 14.9 Å². The van der Waals surface area contributed by atoms with Crippen LogP contribution in [-0.2, 0) is 16.2 Å². The predicted octanol–water partition coefficient (Wildman–Crippen LogP) is 6.66. The standard InChI is InChI=1S/C31H25ClN2O4/c1-18-9-12-24(14-20(18)3)34-30(36)26(29(35)33-31(34)37)16-22-15-23(32)11-13-28(22)38-17-27-19(2)8-10-21-6-4-5-7-25(21)27/h4-16H,17H2,1-3H3,(H,33,35,37)/b26-16+. The zero-order chi connectivity index (χ0) is 27.0. The lowest BCUT2D eigenvalue weighted by molar-refractivity contribution is -0.122. The van der Waals surface area contributed by atoms with E-state index in [0.29, 0.717) is 22.0 Å². The van der Waals surface area contributed by atoms with Gasteiger partial charge in [-0.05, 0) is 84.6 Å². The van der Waals surface area contributed by atoms with Gasteiger partial charge in [-0.25, -0.2) is 9.69 Å². The first-order chi connectivity index (χ1) is 18.2. The number of hydrogen-bond acceptors (Lipinski definition) is 4. The van der Waals surface area contributed by atoms with Crippen molar-refractivity contribution in [1.29, 1.82) is 0 Å². The molecule has 7 heteroatoms. The van der Waals surface area contributed by atoms with Crippen molar-refractivity contribution in [3.05, 3.63) is 111 Å². The Morgan fingerprint density at radius 3 is 2.42 bits per heavy atom. The fourth-order valence-electron chi connectivity index (χ4n) is 4.46. The number of urea groups is 1. The van der Waals surface area contributed by atoms with Gasteiger partial charge in [0.05, 0.1) is 5.69 Å². The number of ether oxygens (including phenoxy) is 1. The first kappa shape index (κ1) is 25.2. The second-order valence-electron chi connectivity index (χ2n) is 9.28. The highest BCUT2D eigenvalue weighted by Crippen LogP contribution is 2.30. The molecule has 6 nitrogen and oxygen atoms in total. The lowest BCUT2D eigenvalue weighted by Gasteiger charge is -2.27. The Morgan fingerprint density at radius 1 is 0.868 bits per heavy atom. The molecule has 1 aliphatic heterocycles. The van der Waals surface area contributed by atoms with Crippen LogP contribution in [0.1, 0.15) is 27.8 Å². The number of anilines is 1. The molecule has 0 radical (unpaired) electrons. The highest BCUT2D eigenvalue weighted by Gasteiger charge is 2.37. The summed E-state index contributed by atoms with van der Waals surface area (Å²) in [5.41, 5.74) is 4.69. The van der Waals surface area contributed by atoms with Crippen LogP contribution in [0.3, 0.4) is 0 Å². The van der Waals surface area contributed by atoms with E-state index in [1.165, 1.54) is 6.08 Å². The minimum atomic E-state index is -0.797. The summed E-state index contributed by atoms with van der Waals surface area (Å²) in [5, 5.41) is 4.88. The quantitative estimate of drug-likeness (QED) is 0.234. The normalized spacial score (nSPS) is 14.8. The Labute approximate surface area is 225 Å². The summed E-state index contributed by atoms with van der Waals surface area (Å²) in [7, 11) is 0. The molecule has 38 heavy (non-hydrogen) atoms. The van der Waals surface area contributed by atoms with Crippen molar-refractivity contribution in [2.45, 2.75) is 27.4 Å². The summed E-state index contributed by atoms with van der Waals surface area (Å²) in [6, 6.07) is 21.6. The van der Waals surface area contributed by atoms with Gasteiger partial charge in [-0.15, -0.1) is 0 Å². The average Bonchev–Trinajstić information content (AvgIpc) is 2.89. The van der Waals surface area contributed by atoms with E-state index in [-0.39, 0.29) is 12.2 Å². The summed E-state index contributed by atoms with van der Waals surface area (Å²) in [5.74, 6) is -1.06. The van der Waals surface area contributed by atoms with Crippen LogP contribution in [-0.4, -0.2) is 17.8 Å². The van der Waals surface area contributed by atoms with Crippen molar-refractivity contribution >= 4 is 52.0 Å². The van der Waals surface area contributed by atoms with Crippen LogP contribution in [0.2, 0.25) is 5.02 Å². The molecule has 1 saturated heterocycles. The van der Waals surface area contributed by atoms with Gasteiger partial charge in [0.2, 0.25) is 0 Å². The topological polar surface area (TPSA) is 75.7 Å². The van der Waals surface area contributed by atoms with Crippen LogP contribution in [0, 0.1) is 20.8 Å². The van der Waals surface area contributed by atoms with E-state index in [4.69, 9.17) is 16.3 Å². The van der Waals surface area contributed by atoms with Gasteiger partial charge in [0.25, 0.3) is 11.8 Å². The number of imide groups is 2. The van der Waals surface area contributed by atoms with E-state index in [0.717, 1.165) is 37.9 Å². The Morgan fingerprint density at radius 2 is 1.63 bits per heavy atom. The highest BCUT2D eigenvalue weighted by atomic mass is 35.5. The van der Waals surface area contributed by atoms with Crippen molar-refractivity contribution in [2.75, 3.05) is 4.90 Å². The predicted molar refractivity (Wildman–Crippen MR) is 149 cm³/mol. The van der Waals surface area contributed by atoms with Gasteiger partial charge in [0, 0.05) is 16.1 Å². The molecule has 0 aliphatic carbocycles. The number of rotatable bonds is 5. The Hall–Kier alpha value is -4.42. The smallest absolute Gasteiger partial charge is 0.335 e. The van der Waals surface area contributed by atoms with Crippen LogP contribution in [0.5, 0.6) is 5.75 Å². The highest BCUT2D eigenvalue weighted by molar-refractivity contribution is 6.39. The molecule has 1 N–H and O–H groups in total. The molecule has 4 aromatic carbocycles. The molecular weight excluding hydrogens is 500 g/mol. The number of benzene rings is 4. The largest absolute Gasteiger partial charge is 0.488 e. The number of nitrogens with one attached hydrogen (secondary N) is 1. The van der Waals surface area contributed by atoms with Crippen LogP contribution >= 0.6 is 11.6 Å². The van der Waals surface area contributed by atoms with Crippen LogP contribution in [0.4, 0.5) is 10.5 Å². The fraction of sp³-hybridized carbons (Fsp3) is 0.129. The minimum Gasteiger partial charge on any atom is -0.488 e. The van der Waals surface area contributed by atoms with Gasteiger partial charge in [-0.2, -0.15) is 0 Å².